The number of hydrogen-bond donors (Lipinski definition) is 1. The fourth-order valence-corrected chi connectivity index (χ4v) is 2.34. The molecular weight excluding hydrogens is 243 g/mol. The van der Waals surface area contributed by atoms with E-state index in [1.165, 1.54) is 12.1 Å². The molecule has 0 saturated carbocycles. The molecule has 4 heteroatoms. The summed E-state index contributed by atoms with van der Waals surface area (Å²) in [5.74, 6) is -0.824. The number of aromatic hydroxyl groups is 1. The molecule has 3 nitrogen and oxygen atoms in total. The van der Waals surface area contributed by atoms with E-state index < -0.39 is 5.82 Å². The first-order valence-corrected chi connectivity index (χ1v) is 6.68. The average molecular weight is 264 g/mol. The van der Waals surface area contributed by atoms with Gasteiger partial charge in [0.1, 0.15) is 0 Å². The molecule has 0 aliphatic heterocycles. The zero-order chi connectivity index (χ0) is 14.0. The zero-order valence-electron chi connectivity index (χ0n) is 11.8. The first-order valence-electron chi connectivity index (χ1n) is 6.68. The van der Waals surface area contributed by atoms with E-state index in [0.29, 0.717) is 0 Å². The minimum atomic E-state index is -0.548. The van der Waals surface area contributed by atoms with E-state index in [1.807, 2.05) is 14.1 Å². The molecule has 0 spiro atoms. The number of phenolic OH excluding ortho intramolecular Hbond substituents is 1. The second-order valence-electron chi connectivity index (χ2n) is 5.22. The first kappa shape index (κ1) is 13.9. The van der Waals surface area contributed by atoms with E-state index in [4.69, 9.17) is 0 Å². The maximum Gasteiger partial charge on any atom is 0.165 e. The Morgan fingerprint density at radius 1 is 1.32 bits per heavy atom. The lowest BCUT2D eigenvalue weighted by Gasteiger charge is -2.08. The molecule has 0 atom stereocenters. The third-order valence-corrected chi connectivity index (χ3v) is 3.33. The van der Waals surface area contributed by atoms with Crippen molar-refractivity contribution in [1.29, 1.82) is 0 Å². The number of nitrogens with zero attached hydrogens (tertiary/aromatic N) is 2. The van der Waals surface area contributed by atoms with Gasteiger partial charge in [-0.1, -0.05) is 6.92 Å². The first-order chi connectivity index (χ1) is 9.02. The van der Waals surface area contributed by atoms with Gasteiger partial charge < -0.3 is 14.6 Å². The van der Waals surface area contributed by atoms with Crippen molar-refractivity contribution in [2.75, 3.05) is 20.6 Å². The van der Waals surface area contributed by atoms with Crippen LogP contribution in [-0.2, 0) is 13.0 Å². The third kappa shape index (κ3) is 2.89. The molecule has 104 valence electrons. The number of likely N-dealkylation sites (N-methyl/N-ethyl adjacent to an activating group) is 1. The smallest absolute Gasteiger partial charge is 0.165 e. The van der Waals surface area contributed by atoms with Crippen LogP contribution in [0.15, 0.2) is 18.3 Å². The predicted octanol–water partition coefficient (Wildman–Crippen LogP) is 3.00. The van der Waals surface area contributed by atoms with Crippen molar-refractivity contribution in [3.63, 3.8) is 0 Å². The van der Waals surface area contributed by atoms with Gasteiger partial charge in [-0.3, -0.25) is 0 Å². The highest BCUT2D eigenvalue weighted by molar-refractivity contribution is 5.85. The molecule has 2 rings (SSSR count). The minimum Gasteiger partial charge on any atom is -0.505 e. The minimum absolute atomic E-state index is 0.276. The number of aryl methyl sites for hydroxylation is 1. The molecule has 2 aromatic rings. The van der Waals surface area contributed by atoms with Crippen molar-refractivity contribution in [2.45, 2.75) is 26.3 Å². The molecule has 0 unspecified atom stereocenters. The molecular formula is C15H21FN2O. The van der Waals surface area contributed by atoms with Crippen LogP contribution >= 0.6 is 0 Å². The third-order valence-electron chi connectivity index (χ3n) is 3.33. The summed E-state index contributed by atoms with van der Waals surface area (Å²) < 4.78 is 15.6. The highest BCUT2D eigenvalue weighted by Crippen LogP contribution is 2.28. The molecule has 0 saturated heterocycles. The number of rotatable bonds is 5. The predicted molar refractivity (Wildman–Crippen MR) is 76.1 cm³/mol. The van der Waals surface area contributed by atoms with Gasteiger partial charge in [-0.2, -0.15) is 0 Å². The molecule has 1 aromatic carbocycles. The van der Waals surface area contributed by atoms with E-state index in [0.717, 1.165) is 42.4 Å². The second-order valence-corrected chi connectivity index (χ2v) is 5.22. The summed E-state index contributed by atoms with van der Waals surface area (Å²) in [5, 5.41) is 10.4. The maximum absolute atomic E-state index is 13.6. The molecule has 1 N–H and O–H groups in total. The van der Waals surface area contributed by atoms with Crippen molar-refractivity contribution in [3.05, 3.63) is 29.7 Å². The Morgan fingerprint density at radius 2 is 2.05 bits per heavy atom. The monoisotopic (exact) mass is 264 g/mol. The Kier molecular flexibility index (Phi) is 4.10. The van der Waals surface area contributed by atoms with Crippen LogP contribution in [-0.4, -0.2) is 35.2 Å². The molecule has 0 radical (unpaired) electrons. The van der Waals surface area contributed by atoms with Crippen molar-refractivity contribution < 1.29 is 9.50 Å². The summed E-state index contributed by atoms with van der Waals surface area (Å²) in [4.78, 5) is 2.11. The van der Waals surface area contributed by atoms with E-state index in [-0.39, 0.29) is 5.75 Å². The van der Waals surface area contributed by atoms with Crippen LogP contribution in [0, 0.1) is 5.82 Å². The summed E-state index contributed by atoms with van der Waals surface area (Å²) in [6, 6.07) is 2.97. The molecule has 0 aliphatic carbocycles. The van der Waals surface area contributed by atoms with Gasteiger partial charge >= 0.3 is 0 Å². The van der Waals surface area contributed by atoms with Crippen LogP contribution in [0.25, 0.3) is 10.9 Å². The Labute approximate surface area is 113 Å². The van der Waals surface area contributed by atoms with Gasteiger partial charge in [-0.15, -0.1) is 0 Å². The molecule has 0 aliphatic rings. The van der Waals surface area contributed by atoms with Gasteiger partial charge in [0.2, 0.25) is 0 Å². The molecule has 0 amide bonds. The van der Waals surface area contributed by atoms with Gasteiger partial charge in [-0.05, 0) is 38.6 Å². The average Bonchev–Trinajstić information content (AvgIpc) is 2.66. The van der Waals surface area contributed by atoms with Crippen LogP contribution in [0.3, 0.4) is 0 Å². The van der Waals surface area contributed by atoms with E-state index in [9.17, 15) is 9.50 Å². The number of benzene rings is 1. The maximum atomic E-state index is 13.6. The van der Waals surface area contributed by atoms with E-state index >= 15 is 0 Å². The van der Waals surface area contributed by atoms with E-state index in [2.05, 4.69) is 22.6 Å². The molecule has 0 fully saturated rings. The summed E-state index contributed by atoms with van der Waals surface area (Å²) in [6.07, 6.45) is 3.97. The zero-order valence-corrected chi connectivity index (χ0v) is 11.8. The Balaban J connectivity index is 2.48. The standard InChI is InChI=1S/C15H21FN2O/c1-4-6-18-10-11(5-7-17(2)3)12-8-13(16)15(19)9-14(12)18/h8-10,19H,4-7H2,1-3H3. The number of halogens is 1. The second kappa shape index (κ2) is 5.61. The van der Waals surface area contributed by atoms with E-state index in [1.54, 1.807) is 0 Å². The Bertz CT molecular complexity index is 575. The highest BCUT2D eigenvalue weighted by atomic mass is 19.1. The van der Waals surface area contributed by atoms with Crippen molar-refractivity contribution >= 4 is 10.9 Å². The molecule has 0 bridgehead atoms. The topological polar surface area (TPSA) is 28.4 Å². The van der Waals surface area contributed by atoms with Crippen LogP contribution in [0.5, 0.6) is 5.75 Å². The lowest BCUT2D eigenvalue weighted by Crippen LogP contribution is -2.14. The number of phenols is 1. The fourth-order valence-electron chi connectivity index (χ4n) is 2.34. The van der Waals surface area contributed by atoms with Gasteiger partial charge in [-0.25, -0.2) is 4.39 Å². The fraction of sp³-hybridized carbons (Fsp3) is 0.467. The Hall–Kier alpha value is -1.55. The SMILES string of the molecule is CCCn1cc(CCN(C)C)c2cc(F)c(O)cc21. The summed E-state index contributed by atoms with van der Waals surface area (Å²) >= 11 is 0. The van der Waals surface area contributed by atoms with Gasteiger partial charge in [0.25, 0.3) is 0 Å². The Morgan fingerprint density at radius 3 is 2.68 bits per heavy atom. The van der Waals surface area contributed by atoms with Crippen LogP contribution in [0.4, 0.5) is 4.39 Å². The molecule has 19 heavy (non-hydrogen) atoms. The van der Waals surface area contributed by atoms with Crippen molar-refractivity contribution in [2.24, 2.45) is 0 Å². The summed E-state index contributed by atoms with van der Waals surface area (Å²) in [6.45, 7) is 3.91. The molecule has 1 aromatic heterocycles. The number of aromatic nitrogens is 1. The van der Waals surface area contributed by atoms with Gasteiger partial charge in [0.15, 0.2) is 11.6 Å². The largest absolute Gasteiger partial charge is 0.505 e. The van der Waals surface area contributed by atoms with Gasteiger partial charge in [0.05, 0.1) is 5.52 Å². The lowest BCUT2D eigenvalue weighted by molar-refractivity contribution is 0.414. The lowest BCUT2D eigenvalue weighted by atomic mass is 10.1. The number of hydrogen-bond acceptors (Lipinski definition) is 2. The quantitative estimate of drug-likeness (QED) is 0.899. The summed E-state index contributed by atoms with van der Waals surface area (Å²) in [5.41, 5.74) is 2.05. The van der Waals surface area contributed by atoms with Crippen molar-refractivity contribution in [1.82, 2.24) is 9.47 Å². The van der Waals surface area contributed by atoms with Gasteiger partial charge in [0, 0.05) is 30.7 Å². The number of fused-ring (bicyclic) bond motifs is 1. The molecule has 1 heterocycles. The highest BCUT2D eigenvalue weighted by Gasteiger charge is 2.12. The van der Waals surface area contributed by atoms with Crippen LogP contribution < -0.4 is 0 Å². The van der Waals surface area contributed by atoms with Crippen LogP contribution in [0.1, 0.15) is 18.9 Å². The normalized spacial score (nSPS) is 11.6. The van der Waals surface area contributed by atoms with Crippen molar-refractivity contribution in [3.8, 4) is 5.75 Å². The van der Waals surface area contributed by atoms with Crippen LogP contribution in [0.2, 0.25) is 0 Å². The summed E-state index contributed by atoms with van der Waals surface area (Å²) in [7, 11) is 4.05.